The van der Waals surface area contributed by atoms with Gasteiger partial charge in [0, 0.05) is 11.1 Å². The van der Waals surface area contributed by atoms with Gasteiger partial charge in [0.25, 0.3) is 0 Å². The predicted molar refractivity (Wildman–Crippen MR) is 131 cm³/mol. The van der Waals surface area contributed by atoms with Gasteiger partial charge in [-0.25, -0.2) is 0 Å². The van der Waals surface area contributed by atoms with Crippen LogP contribution in [0.1, 0.15) is 85.0 Å². The van der Waals surface area contributed by atoms with Gasteiger partial charge in [0.2, 0.25) is 0 Å². The Morgan fingerprint density at radius 2 is 1.03 bits per heavy atom. The number of rotatable bonds is 6. The maximum Gasteiger partial charge on any atom is 0.0722 e. The highest BCUT2D eigenvalue weighted by Crippen LogP contribution is 2.54. The zero-order chi connectivity index (χ0) is 20.8. The summed E-state index contributed by atoms with van der Waals surface area (Å²) in [5.74, 6) is 0. The van der Waals surface area contributed by atoms with E-state index in [0.29, 0.717) is 11.1 Å². The minimum atomic E-state index is -1.72. The Kier molecular flexibility index (Phi) is 5.46. The summed E-state index contributed by atoms with van der Waals surface area (Å²) in [5, 5.41) is 0. The first-order valence-electron chi connectivity index (χ1n) is 11.6. The van der Waals surface area contributed by atoms with Crippen LogP contribution in [0.25, 0.3) is 12.2 Å². The van der Waals surface area contributed by atoms with E-state index in [1.807, 2.05) is 0 Å². The van der Waals surface area contributed by atoms with E-state index in [-0.39, 0.29) is 0 Å². The summed E-state index contributed by atoms with van der Waals surface area (Å²) in [6, 6.07) is 14.1. The minimum absolute atomic E-state index is 0.630. The molecule has 2 unspecified atom stereocenters. The van der Waals surface area contributed by atoms with Crippen LogP contribution in [0.3, 0.4) is 0 Å². The first kappa shape index (κ1) is 20.4. The van der Waals surface area contributed by atoms with Crippen molar-refractivity contribution in [3.63, 3.8) is 0 Å². The molecule has 0 nitrogen and oxygen atoms in total. The molecule has 0 saturated carbocycles. The Balaban J connectivity index is 1.87. The van der Waals surface area contributed by atoms with E-state index in [1.54, 1.807) is 33.4 Å². The van der Waals surface area contributed by atoms with Crippen molar-refractivity contribution in [3.8, 4) is 0 Å². The quantitative estimate of drug-likeness (QED) is 0.430. The standard InChI is InChI=1S/C28H36Si/c1-7-19-13-11-15-23-25(19)17-21(9-3)27(23)29(5,6)28-22(10-4)18-26-20(8-2)14-12-16-24(26)28/h11-18,27-28H,7-10H2,1-6H3. The van der Waals surface area contributed by atoms with Crippen LogP contribution in [0.5, 0.6) is 0 Å². The number of hydrogen-bond donors (Lipinski definition) is 0. The predicted octanol–water partition coefficient (Wildman–Crippen LogP) is 8.08. The van der Waals surface area contributed by atoms with Crippen molar-refractivity contribution >= 4 is 20.2 Å². The highest BCUT2D eigenvalue weighted by atomic mass is 28.3. The molecule has 29 heavy (non-hydrogen) atoms. The summed E-state index contributed by atoms with van der Waals surface area (Å²) >= 11 is 0. The molecule has 2 aromatic rings. The first-order chi connectivity index (χ1) is 14.0. The SMILES string of the molecule is CCC1=Cc2c(CC)cccc2C1[Si](C)(C)C1C(CC)=Cc2c(CC)cccc21. The molecule has 0 N–H and O–H groups in total. The molecule has 0 bridgehead atoms. The van der Waals surface area contributed by atoms with Gasteiger partial charge in [0.05, 0.1) is 8.07 Å². The number of fused-ring (bicyclic) bond motifs is 2. The molecular formula is C28H36Si. The topological polar surface area (TPSA) is 0 Å². The van der Waals surface area contributed by atoms with Crippen molar-refractivity contribution in [2.45, 2.75) is 77.6 Å². The second-order valence-electron chi connectivity index (χ2n) is 9.38. The Morgan fingerprint density at radius 3 is 1.38 bits per heavy atom. The zero-order valence-corrected chi connectivity index (χ0v) is 20.1. The maximum atomic E-state index is 2.66. The second kappa shape index (κ2) is 7.76. The molecule has 0 aromatic heterocycles. The van der Waals surface area contributed by atoms with Crippen LogP contribution in [0, 0.1) is 0 Å². The van der Waals surface area contributed by atoms with Gasteiger partial charge in [-0.3, -0.25) is 0 Å². The van der Waals surface area contributed by atoms with E-state index >= 15 is 0 Å². The van der Waals surface area contributed by atoms with E-state index in [9.17, 15) is 0 Å². The monoisotopic (exact) mass is 400 g/mol. The highest BCUT2D eigenvalue weighted by Gasteiger charge is 2.47. The van der Waals surface area contributed by atoms with Crippen LogP contribution in [-0.4, -0.2) is 8.07 Å². The Bertz CT molecular complexity index is 910. The van der Waals surface area contributed by atoms with Gasteiger partial charge in [-0.05, 0) is 59.1 Å². The number of allylic oxidation sites excluding steroid dienone is 2. The van der Waals surface area contributed by atoms with E-state index in [1.165, 1.54) is 24.0 Å². The molecule has 2 atom stereocenters. The van der Waals surface area contributed by atoms with Crippen molar-refractivity contribution in [1.29, 1.82) is 0 Å². The molecular weight excluding hydrogens is 364 g/mol. The van der Waals surface area contributed by atoms with Crippen LogP contribution in [0.15, 0.2) is 47.5 Å². The third kappa shape index (κ3) is 3.10. The normalized spacial score (nSPS) is 20.3. The molecule has 4 rings (SSSR count). The molecule has 0 spiro atoms. The third-order valence-electron chi connectivity index (χ3n) is 7.55. The van der Waals surface area contributed by atoms with E-state index in [4.69, 9.17) is 0 Å². The lowest BCUT2D eigenvalue weighted by Gasteiger charge is -2.40. The van der Waals surface area contributed by atoms with Crippen LogP contribution in [0.4, 0.5) is 0 Å². The summed E-state index contributed by atoms with van der Waals surface area (Å²) in [6.07, 6.45) is 9.69. The molecule has 0 radical (unpaired) electrons. The lowest BCUT2D eigenvalue weighted by molar-refractivity contribution is 0.896. The van der Waals surface area contributed by atoms with Gasteiger partial charge in [-0.15, -0.1) is 0 Å². The molecule has 0 aliphatic heterocycles. The summed E-state index contributed by atoms with van der Waals surface area (Å²) in [7, 11) is -1.72. The summed E-state index contributed by atoms with van der Waals surface area (Å²) in [6.45, 7) is 14.6. The van der Waals surface area contributed by atoms with Gasteiger partial charge >= 0.3 is 0 Å². The first-order valence-corrected chi connectivity index (χ1v) is 14.8. The van der Waals surface area contributed by atoms with Crippen LogP contribution >= 0.6 is 0 Å². The summed E-state index contributed by atoms with van der Waals surface area (Å²) in [4.78, 5) is 0. The molecule has 1 heteroatoms. The molecule has 0 fully saturated rings. The minimum Gasteiger partial charge on any atom is -0.0679 e. The molecule has 2 aromatic carbocycles. The fraction of sp³-hybridized carbons (Fsp3) is 0.429. The van der Waals surface area contributed by atoms with Gasteiger partial charge in [-0.1, -0.05) is 100 Å². The van der Waals surface area contributed by atoms with Crippen molar-refractivity contribution in [3.05, 3.63) is 80.9 Å². The Labute approximate surface area is 178 Å². The molecule has 152 valence electrons. The molecule has 0 heterocycles. The Morgan fingerprint density at radius 1 is 0.621 bits per heavy atom. The van der Waals surface area contributed by atoms with Crippen molar-refractivity contribution in [1.82, 2.24) is 0 Å². The number of aryl methyl sites for hydroxylation is 2. The fourth-order valence-corrected chi connectivity index (χ4v) is 11.1. The van der Waals surface area contributed by atoms with Gasteiger partial charge in [0.15, 0.2) is 0 Å². The fourth-order valence-electron chi connectivity index (χ4n) is 6.21. The van der Waals surface area contributed by atoms with Gasteiger partial charge in [0.1, 0.15) is 0 Å². The molecule has 0 saturated heterocycles. The average Bonchev–Trinajstić information content (AvgIpc) is 3.31. The third-order valence-corrected chi connectivity index (χ3v) is 11.9. The van der Waals surface area contributed by atoms with E-state index in [0.717, 1.165) is 12.8 Å². The van der Waals surface area contributed by atoms with Gasteiger partial charge < -0.3 is 0 Å². The zero-order valence-electron chi connectivity index (χ0n) is 19.1. The van der Waals surface area contributed by atoms with Crippen LogP contribution in [-0.2, 0) is 12.8 Å². The molecule has 2 aliphatic rings. The van der Waals surface area contributed by atoms with E-state index < -0.39 is 8.07 Å². The second-order valence-corrected chi connectivity index (χ2v) is 14.2. The summed E-state index contributed by atoms with van der Waals surface area (Å²) in [5.41, 5.74) is 14.0. The maximum absolute atomic E-state index is 2.66. The van der Waals surface area contributed by atoms with Crippen molar-refractivity contribution < 1.29 is 0 Å². The Hall–Kier alpha value is -1.86. The van der Waals surface area contributed by atoms with Crippen LogP contribution < -0.4 is 0 Å². The van der Waals surface area contributed by atoms with Crippen molar-refractivity contribution in [2.75, 3.05) is 0 Å². The van der Waals surface area contributed by atoms with Gasteiger partial charge in [-0.2, -0.15) is 0 Å². The summed E-state index contributed by atoms with van der Waals surface area (Å²) < 4.78 is 0. The lowest BCUT2D eigenvalue weighted by Crippen LogP contribution is -2.42. The lowest BCUT2D eigenvalue weighted by atomic mass is 10.0. The average molecular weight is 401 g/mol. The smallest absolute Gasteiger partial charge is 0.0679 e. The molecule has 2 aliphatic carbocycles. The number of hydrogen-bond acceptors (Lipinski definition) is 0. The number of benzene rings is 2. The molecule has 0 amide bonds. The largest absolute Gasteiger partial charge is 0.0722 e. The van der Waals surface area contributed by atoms with E-state index in [2.05, 4.69) is 89.3 Å². The van der Waals surface area contributed by atoms with Crippen LogP contribution in [0.2, 0.25) is 13.1 Å². The highest BCUT2D eigenvalue weighted by molar-refractivity contribution is 6.81. The van der Waals surface area contributed by atoms with Crippen molar-refractivity contribution in [2.24, 2.45) is 0 Å².